The molecule has 0 radical (unpaired) electrons. The van der Waals surface area contributed by atoms with E-state index >= 15 is 0 Å². The van der Waals surface area contributed by atoms with Gasteiger partial charge in [-0.1, -0.05) is 6.58 Å². The minimum Gasteiger partial charge on any atom is -0.372 e. The summed E-state index contributed by atoms with van der Waals surface area (Å²) in [6, 6.07) is 0. The van der Waals surface area contributed by atoms with Crippen molar-refractivity contribution < 1.29 is 17.9 Å². The molecule has 0 spiro atoms. The lowest BCUT2D eigenvalue weighted by Gasteiger charge is -2.06. The largest absolute Gasteiger partial charge is 0.411 e. The van der Waals surface area contributed by atoms with E-state index in [4.69, 9.17) is 0 Å². The Labute approximate surface area is 75.9 Å². The molecule has 0 unspecified atom stereocenters. The third-order valence-electron chi connectivity index (χ3n) is 1.30. The highest BCUT2D eigenvalue weighted by Crippen LogP contribution is 2.14. The van der Waals surface area contributed by atoms with Gasteiger partial charge in [0.05, 0.1) is 0 Å². The van der Waals surface area contributed by atoms with Crippen molar-refractivity contribution in [3.05, 3.63) is 18.4 Å². The number of ether oxygens (including phenoxy) is 1. The lowest BCUT2D eigenvalue weighted by molar-refractivity contribution is -0.174. The van der Waals surface area contributed by atoms with Crippen LogP contribution in [0, 0.1) is 0 Å². The first-order chi connectivity index (χ1) is 6.06. The fourth-order valence-corrected chi connectivity index (χ4v) is 0.740. The van der Waals surface area contributed by atoms with Gasteiger partial charge in [-0.2, -0.15) is 13.2 Å². The minimum absolute atomic E-state index is 0.157. The van der Waals surface area contributed by atoms with Gasteiger partial charge in [-0.3, -0.25) is 0 Å². The van der Waals surface area contributed by atoms with Crippen molar-refractivity contribution in [2.75, 3.05) is 13.2 Å². The highest BCUT2D eigenvalue weighted by Gasteiger charge is 2.26. The molecule has 4 heteroatoms. The van der Waals surface area contributed by atoms with Crippen LogP contribution in [-0.4, -0.2) is 19.4 Å². The van der Waals surface area contributed by atoms with E-state index in [1.165, 1.54) is 0 Å². The van der Waals surface area contributed by atoms with E-state index in [0.717, 1.165) is 12.8 Å². The predicted octanol–water partition coefficient (Wildman–Crippen LogP) is 3.08. The molecule has 0 fully saturated rings. The van der Waals surface area contributed by atoms with Gasteiger partial charge >= 0.3 is 6.18 Å². The summed E-state index contributed by atoms with van der Waals surface area (Å²) in [5.41, 5.74) is 2.59. The molecule has 0 aliphatic rings. The van der Waals surface area contributed by atoms with Crippen molar-refractivity contribution in [1.82, 2.24) is 0 Å². The first kappa shape index (κ1) is 12.3. The van der Waals surface area contributed by atoms with E-state index < -0.39 is 12.8 Å². The maximum absolute atomic E-state index is 11.5. The first-order valence-electron chi connectivity index (χ1n) is 4.05. The van der Waals surface area contributed by atoms with Crippen molar-refractivity contribution in [1.29, 1.82) is 0 Å². The summed E-state index contributed by atoms with van der Waals surface area (Å²) >= 11 is 0. The first-order valence-corrected chi connectivity index (χ1v) is 4.05. The number of hydrogen-bond acceptors (Lipinski definition) is 1. The molecule has 0 heterocycles. The van der Waals surface area contributed by atoms with Crippen molar-refractivity contribution in [2.45, 2.75) is 25.4 Å². The van der Waals surface area contributed by atoms with Crippen molar-refractivity contribution in [3.63, 3.8) is 0 Å². The van der Waals surface area contributed by atoms with Crippen LogP contribution in [0.25, 0.3) is 0 Å². The van der Waals surface area contributed by atoms with Crippen LogP contribution >= 0.6 is 0 Å². The van der Waals surface area contributed by atoms with E-state index in [2.05, 4.69) is 17.0 Å². The number of halogens is 3. The lowest BCUT2D eigenvalue weighted by Crippen LogP contribution is -2.17. The summed E-state index contributed by atoms with van der Waals surface area (Å²) in [6.45, 7) is 2.38. The van der Waals surface area contributed by atoms with Gasteiger partial charge in [0, 0.05) is 6.61 Å². The fourth-order valence-electron chi connectivity index (χ4n) is 0.740. The topological polar surface area (TPSA) is 9.23 Å². The summed E-state index contributed by atoms with van der Waals surface area (Å²) in [7, 11) is 0. The summed E-state index contributed by atoms with van der Waals surface area (Å²) in [4.78, 5) is 0. The molecule has 0 aromatic rings. The quantitative estimate of drug-likeness (QED) is 0.466. The number of unbranched alkanes of at least 4 members (excludes halogenated alkanes) is 2. The van der Waals surface area contributed by atoms with Crippen LogP contribution in [0.1, 0.15) is 19.3 Å². The highest BCUT2D eigenvalue weighted by atomic mass is 19.4. The summed E-state index contributed by atoms with van der Waals surface area (Å²) in [6.07, 6.45) is -0.224. The summed E-state index contributed by atoms with van der Waals surface area (Å²) < 4.78 is 39.0. The molecule has 0 amide bonds. The van der Waals surface area contributed by atoms with Crippen molar-refractivity contribution in [2.24, 2.45) is 0 Å². The molecule has 0 aromatic carbocycles. The normalized spacial score (nSPS) is 11.0. The second-order valence-electron chi connectivity index (χ2n) is 2.57. The zero-order valence-electron chi connectivity index (χ0n) is 7.36. The maximum Gasteiger partial charge on any atom is 0.411 e. The predicted molar refractivity (Wildman–Crippen MR) is 44.4 cm³/mol. The zero-order chi connectivity index (χ0) is 10.2. The number of rotatable bonds is 6. The molecule has 0 rings (SSSR count). The number of allylic oxidation sites excluding steroid dienone is 1. The molecule has 0 saturated heterocycles. The number of alkyl halides is 3. The Morgan fingerprint density at radius 1 is 1.31 bits per heavy atom. The lowest BCUT2D eigenvalue weighted by atomic mass is 10.2. The van der Waals surface area contributed by atoms with Gasteiger partial charge < -0.3 is 4.74 Å². The summed E-state index contributed by atoms with van der Waals surface area (Å²) in [5.74, 6) is 0. The summed E-state index contributed by atoms with van der Waals surface area (Å²) in [5, 5.41) is 0. The Bertz CT molecular complexity index is 168. The van der Waals surface area contributed by atoms with Gasteiger partial charge in [-0.15, -0.1) is 5.73 Å². The Hall–Kier alpha value is -0.730. The van der Waals surface area contributed by atoms with Crippen LogP contribution < -0.4 is 0 Å². The van der Waals surface area contributed by atoms with Gasteiger partial charge in [0.25, 0.3) is 0 Å². The fraction of sp³-hybridized carbons (Fsp3) is 0.667. The van der Waals surface area contributed by atoms with Gasteiger partial charge in [0.15, 0.2) is 0 Å². The van der Waals surface area contributed by atoms with Crippen molar-refractivity contribution >= 4 is 0 Å². The Morgan fingerprint density at radius 2 is 2.00 bits per heavy atom. The minimum atomic E-state index is -4.21. The maximum atomic E-state index is 11.5. The van der Waals surface area contributed by atoms with E-state index in [0.29, 0.717) is 6.42 Å². The van der Waals surface area contributed by atoms with Crippen LogP contribution in [-0.2, 0) is 4.74 Å². The molecule has 0 aromatic heterocycles. The molecule has 0 aliphatic heterocycles. The highest BCUT2D eigenvalue weighted by molar-refractivity contribution is 4.74. The molecular formula is C9H13F3O. The van der Waals surface area contributed by atoms with Gasteiger partial charge in [-0.05, 0) is 25.3 Å². The van der Waals surface area contributed by atoms with Crippen LogP contribution in [0.2, 0.25) is 0 Å². The molecule has 0 N–H and O–H groups in total. The molecule has 0 bridgehead atoms. The van der Waals surface area contributed by atoms with Crippen LogP contribution in [0.3, 0.4) is 0 Å². The molecular weight excluding hydrogens is 181 g/mol. The smallest absolute Gasteiger partial charge is 0.372 e. The second kappa shape index (κ2) is 6.75. The Balaban J connectivity index is 3.13. The van der Waals surface area contributed by atoms with Gasteiger partial charge in [0.2, 0.25) is 0 Å². The van der Waals surface area contributed by atoms with E-state index in [1.54, 1.807) is 6.08 Å². The standard InChI is InChI=1S/C9H13F3O/c1-2-3-4-5-6-7-13-8-9(10,11)12/h3H,1,4-8H2. The van der Waals surface area contributed by atoms with Gasteiger partial charge in [-0.25, -0.2) is 0 Å². The van der Waals surface area contributed by atoms with Crippen molar-refractivity contribution in [3.8, 4) is 0 Å². The Morgan fingerprint density at radius 3 is 2.54 bits per heavy atom. The molecule has 76 valence electrons. The van der Waals surface area contributed by atoms with Crippen LogP contribution in [0.15, 0.2) is 18.4 Å². The number of hydrogen-bond donors (Lipinski definition) is 0. The van der Waals surface area contributed by atoms with Crippen LogP contribution in [0.5, 0.6) is 0 Å². The average Bonchev–Trinajstić information content (AvgIpc) is 2.01. The zero-order valence-corrected chi connectivity index (χ0v) is 7.36. The van der Waals surface area contributed by atoms with E-state index in [9.17, 15) is 13.2 Å². The molecule has 0 aliphatic carbocycles. The van der Waals surface area contributed by atoms with E-state index in [-0.39, 0.29) is 6.61 Å². The molecule has 0 saturated carbocycles. The third-order valence-corrected chi connectivity index (χ3v) is 1.30. The molecule has 13 heavy (non-hydrogen) atoms. The van der Waals surface area contributed by atoms with E-state index in [1.807, 2.05) is 0 Å². The van der Waals surface area contributed by atoms with Crippen LogP contribution in [0.4, 0.5) is 13.2 Å². The molecule has 0 atom stereocenters. The Kier molecular flexibility index (Phi) is 6.37. The monoisotopic (exact) mass is 194 g/mol. The van der Waals surface area contributed by atoms with Gasteiger partial charge in [0.1, 0.15) is 6.61 Å². The SMILES string of the molecule is C=C=CCCCCOCC(F)(F)F. The third kappa shape index (κ3) is 11.3. The molecule has 1 nitrogen and oxygen atoms in total. The second-order valence-corrected chi connectivity index (χ2v) is 2.57. The average molecular weight is 194 g/mol.